The van der Waals surface area contributed by atoms with E-state index in [-0.39, 0.29) is 46.7 Å². The van der Waals surface area contributed by atoms with Crippen LogP contribution in [0.1, 0.15) is 6.23 Å². The number of aliphatic hydroxyl groups is 3. The number of imidazole rings is 1. The number of nitrogens with zero attached hydrogens (tertiary/aromatic N) is 3. The molecule has 4 atom stereocenters. The molecule has 6 N–H and O–H groups in total. The van der Waals surface area contributed by atoms with E-state index in [0.29, 0.717) is 0 Å². The van der Waals surface area contributed by atoms with Crippen molar-refractivity contribution < 1.29 is 20.1 Å². The number of aromatic amines is 1. The topological polar surface area (TPSA) is 160 Å². The van der Waals surface area contributed by atoms with Gasteiger partial charge in [0.25, 0.3) is 5.56 Å². The summed E-state index contributed by atoms with van der Waals surface area (Å²) in [5, 5.41) is 28.7. The van der Waals surface area contributed by atoms with Crippen molar-refractivity contribution in [3.05, 3.63) is 16.7 Å². The van der Waals surface area contributed by atoms with E-state index in [2.05, 4.69) is 15.0 Å². The van der Waals surface area contributed by atoms with E-state index in [4.69, 9.17) is 15.6 Å². The van der Waals surface area contributed by atoms with Crippen LogP contribution in [-0.2, 0) is 4.74 Å². The van der Waals surface area contributed by atoms with Gasteiger partial charge in [0.1, 0.15) is 18.3 Å². The quantitative estimate of drug-likeness (QED) is 0.360. The Kier molecular flexibility index (Phi) is 4.68. The van der Waals surface area contributed by atoms with E-state index >= 15 is 0 Å². The first kappa shape index (κ1) is 16.4. The van der Waals surface area contributed by atoms with Crippen LogP contribution in [0, 0.1) is 0 Å². The molecular formula is C10H14N5NaO5. The Morgan fingerprint density at radius 3 is 2.76 bits per heavy atom. The molecule has 2 aromatic rings. The predicted molar refractivity (Wildman–Crippen MR) is 72.7 cm³/mol. The van der Waals surface area contributed by atoms with Crippen molar-refractivity contribution in [3.8, 4) is 0 Å². The zero-order valence-corrected chi connectivity index (χ0v) is 10.2. The number of H-pyrrole nitrogens is 1. The molecule has 1 fully saturated rings. The number of nitrogens with one attached hydrogen (secondary N) is 1. The molecule has 0 bridgehead atoms. The molecule has 21 heavy (non-hydrogen) atoms. The fourth-order valence-corrected chi connectivity index (χ4v) is 2.24. The maximum absolute atomic E-state index is 11.7. The summed E-state index contributed by atoms with van der Waals surface area (Å²) < 4.78 is 6.64. The Hall–Kier alpha value is -1.01. The third-order valence-corrected chi connectivity index (χ3v) is 3.24. The van der Waals surface area contributed by atoms with Crippen LogP contribution in [-0.4, -0.2) is 89.3 Å². The molecule has 0 aliphatic carbocycles. The second-order valence-electron chi connectivity index (χ2n) is 4.50. The molecule has 0 amide bonds. The van der Waals surface area contributed by atoms with Crippen molar-refractivity contribution in [1.29, 1.82) is 0 Å². The third-order valence-electron chi connectivity index (χ3n) is 3.24. The number of anilines is 1. The van der Waals surface area contributed by atoms with Crippen LogP contribution in [0.2, 0.25) is 0 Å². The number of rotatable bonds is 2. The second kappa shape index (κ2) is 6.01. The summed E-state index contributed by atoms with van der Waals surface area (Å²) in [5.74, 6) is -0.101. The summed E-state index contributed by atoms with van der Waals surface area (Å²) in [6, 6.07) is 0. The number of nitrogens with two attached hydrogens (primary N) is 1. The normalized spacial score (nSPS) is 28.7. The molecule has 2 unspecified atom stereocenters. The molecule has 10 nitrogen and oxygen atoms in total. The standard InChI is InChI=1S/C10H13N5O5.Na.H/c11-10-13-7-4(8(19)14-10)12-2-15(7)9-6(18)5(17)3(1-16)20-9;;/h2-3,5-6,9,16-18H,1H2,(H3,11,13,14,19);;/t3-,5?,6?,9-;;/m1../s1. The van der Waals surface area contributed by atoms with Crippen LogP contribution >= 0.6 is 0 Å². The van der Waals surface area contributed by atoms with Gasteiger partial charge < -0.3 is 25.8 Å². The minimum atomic E-state index is -1.29. The van der Waals surface area contributed by atoms with E-state index in [9.17, 15) is 15.0 Å². The van der Waals surface area contributed by atoms with Crippen molar-refractivity contribution in [2.75, 3.05) is 12.3 Å². The van der Waals surface area contributed by atoms with E-state index in [1.165, 1.54) is 10.9 Å². The number of aromatic nitrogens is 4. The van der Waals surface area contributed by atoms with Gasteiger partial charge in [-0.1, -0.05) is 0 Å². The van der Waals surface area contributed by atoms with Gasteiger partial charge in [0.2, 0.25) is 5.95 Å². The predicted octanol–water partition coefficient (Wildman–Crippen LogP) is -3.34. The molecule has 110 valence electrons. The average molecular weight is 307 g/mol. The van der Waals surface area contributed by atoms with Crippen molar-refractivity contribution in [2.24, 2.45) is 0 Å². The molecule has 1 saturated heterocycles. The fourth-order valence-electron chi connectivity index (χ4n) is 2.24. The van der Waals surface area contributed by atoms with Crippen LogP contribution in [0.4, 0.5) is 5.95 Å². The number of hydrogen-bond donors (Lipinski definition) is 5. The second-order valence-corrected chi connectivity index (χ2v) is 4.50. The van der Waals surface area contributed by atoms with Crippen molar-refractivity contribution in [1.82, 2.24) is 19.5 Å². The van der Waals surface area contributed by atoms with Crippen molar-refractivity contribution >= 4 is 46.7 Å². The summed E-state index contributed by atoms with van der Waals surface area (Å²) in [5.41, 5.74) is 5.12. The first-order valence-electron chi connectivity index (χ1n) is 5.87. The molecule has 0 saturated carbocycles. The van der Waals surface area contributed by atoms with E-state index in [0.717, 1.165) is 0 Å². The van der Waals surface area contributed by atoms with Gasteiger partial charge in [0.05, 0.1) is 12.9 Å². The van der Waals surface area contributed by atoms with Crippen LogP contribution in [0.3, 0.4) is 0 Å². The summed E-state index contributed by atoms with van der Waals surface area (Å²) in [7, 11) is 0. The van der Waals surface area contributed by atoms with E-state index in [1.54, 1.807) is 0 Å². The van der Waals surface area contributed by atoms with Crippen LogP contribution in [0.5, 0.6) is 0 Å². The van der Waals surface area contributed by atoms with Crippen LogP contribution < -0.4 is 11.3 Å². The summed E-state index contributed by atoms with van der Waals surface area (Å²) in [4.78, 5) is 21.8. The molecule has 11 heteroatoms. The molecule has 1 aliphatic heterocycles. The summed E-state index contributed by atoms with van der Waals surface area (Å²) in [6.07, 6.45) is -3.21. The van der Waals surface area contributed by atoms with Gasteiger partial charge in [-0.3, -0.25) is 14.3 Å². The number of nitrogen functional groups attached to an aromatic ring is 1. The monoisotopic (exact) mass is 307 g/mol. The van der Waals surface area contributed by atoms with Gasteiger partial charge in [0, 0.05) is 0 Å². The zero-order valence-electron chi connectivity index (χ0n) is 10.2. The number of aliphatic hydroxyl groups excluding tert-OH is 3. The Labute approximate surface area is 139 Å². The van der Waals surface area contributed by atoms with Gasteiger partial charge >= 0.3 is 29.6 Å². The molecule has 1 aliphatic rings. The van der Waals surface area contributed by atoms with Crippen molar-refractivity contribution in [2.45, 2.75) is 24.5 Å². The first-order chi connectivity index (χ1) is 9.52. The maximum atomic E-state index is 11.7. The molecule has 0 aromatic carbocycles. The van der Waals surface area contributed by atoms with E-state index < -0.39 is 36.7 Å². The Bertz CT molecular complexity index is 703. The summed E-state index contributed by atoms with van der Waals surface area (Å²) in [6.45, 7) is -0.447. The average Bonchev–Trinajstić information content (AvgIpc) is 2.93. The number of ether oxygens (including phenoxy) is 1. The Morgan fingerprint density at radius 1 is 1.43 bits per heavy atom. The Morgan fingerprint density at radius 2 is 2.14 bits per heavy atom. The van der Waals surface area contributed by atoms with E-state index in [1.807, 2.05) is 0 Å². The number of hydrogen-bond acceptors (Lipinski definition) is 8. The molecule has 2 aromatic heterocycles. The molecule has 0 radical (unpaired) electrons. The van der Waals surface area contributed by atoms with Gasteiger partial charge in [-0.05, 0) is 0 Å². The van der Waals surface area contributed by atoms with Gasteiger partial charge in [-0.2, -0.15) is 4.98 Å². The fraction of sp³-hybridized carbons (Fsp3) is 0.500. The molecule has 0 spiro atoms. The van der Waals surface area contributed by atoms with Crippen LogP contribution in [0.15, 0.2) is 11.1 Å². The summed E-state index contributed by atoms with van der Waals surface area (Å²) >= 11 is 0. The minimum absolute atomic E-state index is 0. The molecular weight excluding hydrogens is 293 g/mol. The molecule has 3 heterocycles. The Balaban J connectivity index is 0.00000161. The third kappa shape index (κ3) is 2.59. The molecule has 3 rings (SSSR count). The SMILES string of the molecule is Nc1nc2c(ncn2[C@@H]2O[C@H](CO)C(O)C2O)c(=O)[nH]1.[NaH]. The van der Waals surface area contributed by atoms with Gasteiger partial charge in [0.15, 0.2) is 17.4 Å². The zero-order chi connectivity index (χ0) is 14.4. The number of fused-ring (bicyclic) bond motifs is 1. The van der Waals surface area contributed by atoms with Gasteiger partial charge in [-0.25, -0.2) is 4.98 Å². The van der Waals surface area contributed by atoms with Crippen molar-refractivity contribution in [3.63, 3.8) is 0 Å². The van der Waals surface area contributed by atoms with Gasteiger partial charge in [-0.15, -0.1) is 0 Å². The van der Waals surface area contributed by atoms with Crippen LogP contribution in [0.25, 0.3) is 11.2 Å². The first-order valence-corrected chi connectivity index (χ1v) is 5.87.